The summed E-state index contributed by atoms with van der Waals surface area (Å²) in [4.78, 5) is 7.56. The molecule has 2 heterocycles. The van der Waals surface area contributed by atoms with Gasteiger partial charge in [-0.1, -0.05) is 17.2 Å². The molecule has 1 aliphatic carbocycles. The highest BCUT2D eigenvalue weighted by atomic mass is 16.5. The molecule has 0 atom stereocenters. The van der Waals surface area contributed by atoms with Crippen LogP contribution in [-0.2, 0) is 11.2 Å². The number of rotatable bonds is 3. The van der Waals surface area contributed by atoms with Gasteiger partial charge in [0, 0.05) is 17.8 Å². The molecular formula is C17H18N2O. The van der Waals surface area contributed by atoms with Gasteiger partial charge in [0.1, 0.15) is 11.4 Å². The van der Waals surface area contributed by atoms with Crippen LogP contribution in [0.5, 0.6) is 0 Å². The van der Waals surface area contributed by atoms with E-state index in [9.17, 15) is 0 Å². The Hall–Kier alpha value is -2.29. The summed E-state index contributed by atoms with van der Waals surface area (Å²) in [6.07, 6.45) is 12.2. The van der Waals surface area contributed by atoms with Gasteiger partial charge in [0.05, 0.1) is 7.11 Å². The molecule has 102 valence electrons. The lowest BCUT2D eigenvalue weighted by molar-refractivity contribution is 0.306. The quantitative estimate of drug-likeness (QED) is 0.914. The molecule has 1 N–H and O–H groups in total. The first kappa shape index (κ1) is 12.7. The summed E-state index contributed by atoms with van der Waals surface area (Å²) in [5, 5.41) is 1.20. The van der Waals surface area contributed by atoms with Gasteiger partial charge in [-0.25, -0.2) is 4.98 Å². The van der Waals surface area contributed by atoms with Crippen molar-refractivity contribution in [3.8, 4) is 0 Å². The summed E-state index contributed by atoms with van der Waals surface area (Å²) < 4.78 is 5.40. The minimum atomic E-state index is 0.913. The van der Waals surface area contributed by atoms with Crippen LogP contribution in [-0.4, -0.2) is 17.1 Å². The average molecular weight is 266 g/mol. The summed E-state index contributed by atoms with van der Waals surface area (Å²) in [5.41, 5.74) is 4.82. The van der Waals surface area contributed by atoms with Crippen LogP contribution in [0.1, 0.15) is 18.9 Å². The monoisotopic (exact) mass is 266 g/mol. The highest BCUT2D eigenvalue weighted by Gasteiger charge is 2.09. The van der Waals surface area contributed by atoms with Crippen LogP contribution < -0.4 is 0 Å². The fraction of sp³-hybridized carbons (Fsp3) is 0.235. The van der Waals surface area contributed by atoms with E-state index in [2.05, 4.69) is 47.4 Å². The Morgan fingerprint density at radius 1 is 1.35 bits per heavy atom. The van der Waals surface area contributed by atoms with Crippen molar-refractivity contribution >= 4 is 11.0 Å². The molecule has 0 spiro atoms. The van der Waals surface area contributed by atoms with E-state index < -0.39 is 0 Å². The van der Waals surface area contributed by atoms with Crippen molar-refractivity contribution in [2.45, 2.75) is 19.8 Å². The van der Waals surface area contributed by atoms with Gasteiger partial charge in [-0.2, -0.15) is 0 Å². The fourth-order valence-electron chi connectivity index (χ4n) is 2.52. The topological polar surface area (TPSA) is 37.9 Å². The SMILES string of the molecule is COC1=CC(C)=CCC(Cc2c[nH]c3ncccc23)=C1. The molecule has 0 bridgehead atoms. The smallest absolute Gasteiger partial charge is 0.137 e. The third-order valence-electron chi connectivity index (χ3n) is 3.59. The first-order valence-electron chi connectivity index (χ1n) is 6.79. The first-order valence-corrected chi connectivity index (χ1v) is 6.79. The van der Waals surface area contributed by atoms with Gasteiger partial charge < -0.3 is 9.72 Å². The largest absolute Gasteiger partial charge is 0.497 e. The number of nitrogens with one attached hydrogen (secondary N) is 1. The minimum absolute atomic E-state index is 0.913. The molecule has 1 aliphatic rings. The first-order chi connectivity index (χ1) is 9.76. The van der Waals surface area contributed by atoms with E-state index in [0.717, 1.165) is 24.2 Å². The van der Waals surface area contributed by atoms with Crippen LogP contribution in [0.15, 0.2) is 59.7 Å². The van der Waals surface area contributed by atoms with E-state index in [-0.39, 0.29) is 0 Å². The van der Waals surface area contributed by atoms with Crippen molar-refractivity contribution in [2.24, 2.45) is 0 Å². The minimum Gasteiger partial charge on any atom is -0.497 e. The zero-order valence-corrected chi connectivity index (χ0v) is 11.8. The molecule has 3 heteroatoms. The number of H-pyrrole nitrogens is 1. The van der Waals surface area contributed by atoms with Gasteiger partial charge in [0.2, 0.25) is 0 Å². The molecular weight excluding hydrogens is 248 g/mol. The number of pyridine rings is 1. The Kier molecular flexibility index (Phi) is 3.42. The molecule has 0 aliphatic heterocycles. The van der Waals surface area contributed by atoms with Crippen LogP contribution in [0.2, 0.25) is 0 Å². The molecule has 2 aromatic heterocycles. The number of aromatic nitrogens is 2. The second-order valence-electron chi connectivity index (χ2n) is 5.10. The number of nitrogens with zero attached hydrogens (tertiary/aromatic N) is 1. The predicted molar refractivity (Wildman–Crippen MR) is 81.3 cm³/mol. The lowest BCUT2D eigenvalue weighted by Gasteiger charge is -2.05. The summed E-state index contributed by atoms with van der Waals surface area (Å²) in [6, 6.07) is 4.09. The predicted octanol–water partition coefficient (Wildman–Crippen LogP) is 3.91. The number of hydrogen-bond acceptors (Lipinski definition) is 2. The van der Waals surface area contributed by atoms with E-state index >= 15 is 0 Å². The number of methoxy groups -OCH3 is 1. The molecule has 0 saturated heterocycles. The Morgan fingerprint density at radius 3 is 3.10 bits per heavy atom. The van der Waals surface area contributed by atoms with E-state index in [0.29, 0.717) is 0 Å². The zero-order chi connectivity index (χ0) is 13.9. The van der Waals surface area contributed by atoms with E-state index in [1.165, 1.54) is 22.1 Å². The lowest BCUT2D eigenvalue weighted by Crippen LogP contribution is -1.91. The lowest BCUT2D eigenvalue weighted by atomic mass is 10.0. The number of hydrogen-bond donors (Lipinski definition) is 1. The number of allylic oxidation sites excluding steroid dienone is 5. The molecule has 0 unspecified atom stereocenters. The molecule has 0 radical (unpaired) electrons. The Bertz CT molecular complexity index is 719. The molecule has 0 amide bonds. The Labute approximate surface area is 118 Å². The summed E-state index contributed by atoms with van der Waals surface area (Å²) in [7, 11) is 1.72. The summed E-state index contributed by atoms with van der Waals surface area (Å²) >= 11 is 0. The summed E-state index contributed by atoms with van der Waals surface area (Å²) in [6.45, 7) is 2.10. The van der Waals surface area contributed by atoms with E-state index in [1.807, 2.05) is 12.3 Å². The van der Waals surface area contributed by atoms with Crippen LogP contribution in [0.4, 0.5) is 0 Å². The van der Waals surface area contributed by atoms with Crippen molar-refractivity contribution < 1.29 is 4.74 Å². The maximum absolute atomic E-state index is 5.40. The number of fused-ring (bicyclic) bond motifs is 1. The molecule has 0 fully saturated rings. The third-order valence-corrected chi connectivity index (χ3v) is 3.59. The summed E-state index contributed by atoms with van der Waals surface area (Å²) in [5.74, 6) is 0.921. The van der Waals surface area contributed by atoms with Crippen molar-refractivity contribution in [1.29, 1.82) is 0 Å². The Morgan fingerprint density at radius 2 is 2.25 bits per heavy atom. The number of aromatic amines is 1. The van der Waals surface area contributed by atoms with Gasteiger partial charge in [-0.05, 0) is 49.6 Å². The zero-order valence-electron chi connectivity index (χ0n) is 11.8. The van der Waals surface area contributed by atoms with Gasteiger partial charge >= 0.3 is 0 Å². The highest BCUT2D eigenvalue weighted by molar-refractivity contribution is 5.79. The van der Waals surface area contributed by atoms with Crippen molar-refractivity contribution in [3.05, 3.63) is 65.2 Å². The average Bonchev–Trinajstić information content (AvgIpc) is 2.77. The molecule has 0 aromatic carbocycles. The van der Waals surface area contributed by atoms with Crippen molar-refractivity contribution in [1.82, 2.24) is 9.97 Å². The van der Waals surface area contributed by atoms with Gasteiger partial charge in [0.25, 0.3) is 0 Å². The fourth-order valence-corrected chi connectivity index (χ4v) is 2.52. The van der Waals surface area contributed by atoms with Crippen LogP contribution in [0.25, 0.3) is 11.0 Å². The second-order valence-corrected chi connectivity index (χ2v) is 5.10. The second kappa shape index (κ2) is 5.37. The maximum Gasteiger partial charge on any atom is 0.137 e. The third kappa shape index (κ3) is 2.52. The van der Waals surface area contributed by atoms with Crippen LogP contribution in [0.3, 0.4) is 0 Å². The molecule has 20 heavy (non-hydrogen) atoms. The van der Waals surface area contributed by atoms with E-state index in [4.69, 9.17) is 4.74 Å². The van der Waals surface area contributed by atoms with Crippen molar-refractivity contribution in [2.75, 3.05) is 7.11 Å². The molecule has 3 rings (SSSR count). The van der Waals surface area contributed by atoms with Gasteiger partial charge in [0.15, 0.2) is 0 Å². The van der Waals surface area contributed by atoms with Crippen LogP contribution in [0, 0.1) is 0 Å². The standard InChI is InChI=1S/C17H18N2O/c1-12-5-6-13(10-15(8-12)20-2)9-14-11-19-17-16(14)4-3-7-18-17/h3-5,7-8,10-11H,6,9H2,1-2H3,(H,18,19). The Balaban J connectivity index is 1.91. The molecule has 0 saturated carbocycles. The normalized spacial score (nSPS) is 15.4. The number of ether oxygens (including phenoxy) is 1. The van der Waals surface area contributed by atoms with E-state index in [1.54, 1.807) is 7.11 Å². The maximum atomic E-state index is 5.40. The van der Waals surface area contributed by atoms with Crippen molar-refractivity contribution in [3.63, 3.8) is 0 Å². The van der Waals surface area contributed by atoms with Crippen LogP contribution >= 0.6 is 0 Å². The van der Waals surface area contributed by atoms with Gasteiger partial charge in [-0.15, -0.1) is 0 Å². The highest BCUT2D eigenvalue weighted by Crippen LogP contribution is 2.24. The molecule has 2 aromatic rings. The molecule has 3 nitrogen and oxygen atoms in total. The van der Waals surface area contributed by atoms with Gasteiger partial charge in [-0.3, -0.25) is 0 Å².